The van der Waals surface area contributed by atoms with Gasteiger partial charge < -0.3 is 9.11 Å². The zero-order chi connectivity index (χ0) is 27.2. The Kier molecular flexibility index (Phi) is 8.19. The molecule has 0 saturated carbocycles. The lowest BCUT2D eigenvalue weighted by Gasteiger charge is -2.09. The Hall–Kier alpha value is -4.08. The van der Waals surface area contributed by atoms with Gasteiger partial charge in [-0.25, -0.2) is 16.8 Å². The second-order valence-corrected chi connectivity index (χ2v) is 11.0. The van der Waals surface area contributed by atoms with Crippen LogP contribution in [0.5, 0.6) is 0 Å². The molecule has 4 rings (SSSR count). The molecule has 192 valence electrons. The van der Waals surface area contributed by atoms with Crippen molar-refractivity contribution in [2.24, 2.45) is 0 Å². The normalized spacial score (nSPS) is 12.6. The summed E-state index contributed by atoms with van der Waals surface area (Å²) in [4.78, 5) is -0.505. The summed E-state index contributed by atoms with van der Waals surface area (Å²) in [6, 6.07) is 27.3. The highest BCUT2D eigenvalue weighted by atomic mass is 32.2. The van der Waals surface area contributed by atoms with Crippen molar-refractivity contribution in [3.05, 3.63) is 130 Å². The van der Waals surface area contributed by atoms with E-state index >= 15 is 0 Å². The lowest BCUT2D eigenvalue weighted by Crippen LogP contribution is -2.00. The van der Waals surface area contributed by atoms with Crippen LogP contribution in [0.25, 0.3) is 36.5 Å². The van der Waals surface area contributed by atoms with Crippen LogP contribution in [0, 0.1) is 0 Å². The average molecular weight is 543 g/mol. The highest BCUT2D eigenvalue weighted by Crippen LogP contribution is 2.20. The van der Waals surface area contributed by atoms with E-state index in [9.17, 15) is 25.9 Å². The molecular weight excluding hydrogens is 520 g/mol. The minimum Gasteiger partial charge on any atom is -0.744 e. The van der Waals surface area contributed by atoms with Crippen LogP contribution in [0.2, 0.25) is 0 Å². The first-order valence-corrected chi connectivity index (χ1v) is 14.3. The topological polar surface area (TPSA) is 114 Å². The summed E-state index contributed by atoms with van der Waals surface area (Å²) >= 11 is 0. The van der Waals surface area contributed by atoms with E-state index in [1.807, 2.05) is 60.7 Å². The molecule has 4 aromatic rings. The summed E-state index contributed by atoms with van der Waals surface area (Å²) in [5.41, 5.74) is 4.30. The van der Waals surface area contributed by atoms with Crippen LogP contribution in [-0.4, -0.2) is 25.9 Å². The minimum absolute atomic E-state index is 0.252. The smallest absolute Gasteiger partial charge is 0.125 e. The number of hydrogen-bond donors (Lipinski definition) is 0. The zero-order valence-corrected chi connectivity index (χ0v) is 21.6. The molecule has 0 radical (unpaired) electrons. The maximum atomic E-state index is 11.4. The fourth-order valence-electron chi connectivity index (χ4n) is 3.69. The van der Waals surface area contributed by atoms with Gasteiger partial charge in [0.15, 0.2) is 0 Å². The van der Waals surface area contributed by atoms with Crippen molar-refractivity contribution in [3.63, 3.8) is 0 Å². The number of benzene rings is 4. The van der Waals surface area contributed by atoms with E-state index in [-0.39, 0.29) is 9.79 Å². The standard InChI is InChI=1S/C30H24O6S2/c31-37(32,33)29-7-3-1-5-27(29)21-19-25-15-11-23(12-16-25)9-10-24-13-17-26(18-14-24)20-22-28-6-2-4-8-30(28)38(34,35)36/h1-22H,(H,31,32,33)(H,34,35,36)/p-2/b10-9+,21-19+,22-20+. The van der Waals surface area contributed by atoms with Crippen LogP contribution in [0.3, 0.4) is 0 Å². The first kappa shape index (κ1) is 27.0. The summed E-state index contributed by atoms with van der Waals surface area (Å²) in [6.45, 7) is 0. The number of hydrogen-bond acceptors (Lipinski definition) is 6. The van der Waals surface area contributed by atoms with E-state index in [1.54, 1.807) is 48.6 Å². The first-order valence-electron chi connectivity index (χ1n) is 11.4. The molecule has 0 aliphatic rings. The highest BCUT2D eigenvalue weighted by molar-refractivity contribution is 7.86. The molecule has 8 heteroatoms. The fourth-order valence-corrected chi connectivity index (χ4v) is 5.03. The van der Waals surface area contributed by atoms with Crippen molar-refractivity contribution in [1.29, 1.82) is 0 Å². The highest BCUT2D eigenvalue weighted by Gasteiger charge is 2.06. The van der Waals surface area contributed by atoms with Gasteiger partial charge in [0.05, 0.1) is 9.79 Å². The van der Waals surface area contributed by atoms with Crippen molar-refractivity contribution in [2.75, 3.05) is 0 Å². The Morgan fingerprint density at radius 3 is 0.947 bits per heavy atom. The molecule has 0 fully saturated rings. The Morgan fingerprint density at radius 2 is 0.658 bits per heavy atom. The lowest BCUT2D eigenvalue weighted by atomic mass is 10.1. The largest absolute Gasteiger partial charge is 0.744 e. The van der Waals surface area contributed by atoms with Crippen molar-refractivity contribution >= 4 is 56.7 Å². The summed E-state index contributed by atoms with van der Waals surface area (Å²) in [5, 5.41) is 0. The third-order valence-electron chi connectivity index (χ3n) is 5.63. The molecule has 0 saturated heterocycles. The van der Waals surface area contributed by atoms with Gasteiger partial charge in [-0.15, -0.1) is 0 Å². The summed E-state index contributed by atoms with van der Waals surface area (Å²) in [7, 11) is -9.10. The number of rotatable bonds is 8. The van der Waals surface area contributed by atoms with E-state index in [4.69, 9.17) is 0 Å². The third-order valence-corrected chi connectivity index (χ3v) is 7.45. The van der Waals surface area contributed by atoms with Crippen molar-refractivity contribution in [2.45, 2.75) is 9.79 Å². The van der Waals surface area contributed by atoms with E-state index in [1.165, 1.54) is 24.3 Å². The molecule has 0 heterocycles. The maximum absolute atomic E-state index is 11.4. The molecule has 0 unspecified atom stereocenters. The van der Waals surface area contributed by atoms with Crippen LogP contribution in [-0.2, 0) is 20.2 Å². The van der Waals surface area contributed by atoms with Crippen LogP contribution in [0.1, 0.15) is 33.4 Å². The molecule has 0 amide bonds. The lowest BCUT2D eigenvalue weighted by molar-refractivity contribution is 0.460. The van der Waals surface area contributed by atoms with Gasteiger partial charge in [-0.3, -0.25) is 0 Å². The predicted octanol–water partition coefficient (Wildman–Crippen LogP) is 6.01. The molecule has 0 spiro atoms. The monoisotopic (exact) mass is 542 g/mol. The van der Waals surface area contributed by atoms with Gasteiger partial charge >= 0.3 is 0 Å². The molecule has 6 nitrogen and oxygen atoms in total. The SMILES string of the molecule is O=S(=O)([O-])c1ccccc1/C=C/c1ccc(/C=C/c2ccc(/C=C/c3ccccc3S(=O)(=O)[O-])cc2)cc1. The molecule has 38 heavy (non-hydrogen) atoms. The Bertz CT molecular complexity index is 1600. The average Bonchev–Trinajstić information content (AvgIpc) is 2.90. The van der Waals surface area contributed by atoms with Gasteiger partial charge in [0.25, 0.3) is 0 Å². The summed E-state index contributed by atoms with van der Waals surface area (Å²) in [6.07, 6.45) is 10.6. The van der Waals surface area contributed by atoms with Crippen LogP contribution in [0.4, 0.5) is 0 Å². The van der Waals surface area contributed by atoms with Gasteiger partial charge in [-0.05, 0) is 45.5 Å². The van der Waals surface area contributed by atoms with Gasteiger partial charge in [0, 0.05) is 0 Å². The van der Waals surface area contributed by atoms with Crippen LogP contribution >= 0.6 is 0 Å². The Labute approximate surface area is 222 Å². The molecule has 4 aromatic carbocycles. The van der Waals surface area contributed by atoms with Gasteiger partial charge in [-0.2, -0.15) is 0 Å². The Balaban J connectivity index is 1.42. The van der Waals surface area contributed by atoms with E-state index in [2.05, 4.69) is 0 Å². The fraction of sp³-hybridized carbons (Fsp3) is 0. The maximum Gasteiger partial charge on any atom is 0.125 e. The van der Waals surface area contributed by atoms with E-state index in [0.29, 0.717) is 11.1 Å². The van der Waals surface area contributed by atoms with Crippen LogP contribution < -0.4 is 0 Å². The van der Waals surface area contributed by atoms with E-state index in [0.717, 1.165) is 22.3 Å². The summed E-state index contributed by atoms with van der Waals surface area (Å²) in [5.74, 6) is 0. The predicted molar refractivity (Wildman–Crippen MR) is 148 cm³/mol. The second-order valence-electron chi connectivity index (χ2n) is 8.32. The quantitative estimate of drug-likeness (QED) is 0.199. The van der Waals surface area contributed by atoms with E-state index < -0.39 is 20.2 Å². The minimum atomic E-state index is -4.55. The molecule has 0 aliphatic heterocycles. The van der Waals surface area contributed by atoms with Crippen molar-refractivity contribution in [3.8, 4) is 0 Å². The molecular formula is C30H22O6S2-2. The molecule has 0 N–H and O–H groups in total. The van der Waals surface area contributed by atoms with Crippen molar-refractivity contribution in [1.82, 2.24) is 0 Å². The van der Waals surface area contributed by atoms with Gasteiger partial charge in [-0.1, -0.05) is 121 Å². The molecule has 0 bridgehead atoms. The van der Waals surface area contributed by atoms with Crippen LogP contribution in [0.15, 0.2) is 107 Å². The molecule has 0 atom stereocenters. The first-order chi connectivity index (χ1) is 18.1. The molecule has 0 aromatic heterocycles. The van der Waals surface area contributed by atoms with Crippen molar-refractivity contribution < 1.29 is 25.9 Å². The third kappa shape index (κ3) is 7.24. The zero-order valence-electron chi connectivity index (χ0n) is 20.0. The molecule has 0 aliphatic carbocycles. The summed E-state index contributed by atoms with van der Waals surface area (Å²) < 4.78 is 68.5. The second kappa shape index (κ2) is 11.5. The van der Waals surface area contributed by atoms with Gasteiger partial charge in [0.2, 0.25) is 0 Å². The Morgan fingerprint density at radius 1 is 0.395 bits per heavy atom. The van der Waals surface area contributed by atoms with Gasteiger partial charge in [0.1, 0.15) is 20.2 Å².